The fourth-order valence-electron chi connectivity index (χ4n) is 2.00. The molecule has 2 aromatic rings. The molecular weight excluding hydrogens is 372 g/mol. The fraction of sp³-hybridized carbons (Fsp3) is 0.429. The lowest BCUT2D eigenvalue weighted by Crippen LogP contribution is -2.35. The third-order valence-electron chi connectivity index (χ3n) is 3.53. The van der Waals surface area contributed by atoms with Crippen LogP contribution >= 0.6 is 22.9 Å². The van der Waals surface area contributed by atoms with E-state index in [-0.39, 0.29) is 16.8 Å². The molecule has 0 aliphatic rings. The zero-order valence-electron chi connectivity index (χ0n) is 13.6. The SMILES string of the molecule is CCC(C)n1nccc1NC(=O)CN(C)S(=O)(=O)c1ccc(Cl)s1. The number of likely N-dealkylation sites (N-methyl/N-ethyl adjacent to an activating group) is 1. The van der Waals surface area contributed by atoms with Crippen molar-refractivity contribution >= 4 is 44.7 Å². The molecule has 1 unspecified atom stereocenters. The number of thiophene rings is 1. The number of amides is 1. The van der Waals surface area contributed by atoms with Crippen LogP contribution in [0.25, 0.3) is 0 Å². The Morgan fingerprint density at radius 2 is 2.17 bits per heavy atom. The van der Waals surface area contributed by atoms with Gasteiger partial charge in [-0.15, -0.1) is 11.3 Å². The summed E-state index contributed by atoms with van der Waals surface area (Å²) >= 11 is 6.73. The second-order valence-corrected chi connectivity index (χ2v) is 9.27. The third kappa shape index (κ3) is 4.15. The van der Waals surface area contributed by atoms with E-state index < -0.39 is 15.9 Å². The standard InChI is InChI=1S/C14H19ClN4O3S2/c1-4-10(2)19-12(7-8-16-19)17-13(20)9-18(3)24(21,22)14-6-5-11(15)23-14/h5-8,10H,4,9H2,1-3H3,(H,17,20). The van der Waals surface area contributed by atoms with Crippen LogP contribution in [-0.2, 0) is 14.8 Å². The van der Waals surface area contributed by atoms with E-state index in [1.165, 1.54) is 19.2 Å². The van der Waals surface area contributed by atoms with E-state index in [2.05, 4.69) is 10.4 Å². The first-order valence-electron chi connectivity index (χ1n) is 7.30. The van der Waals surface area contributed by atoms with Crippen molar-refractivity contribution < 1.29 is 13.2 Å². The minimum absolute atomic E-state index is 0.104. The normalized spacial score (nSPS) is 13.2. The van der Waals surface area contributed by atoms with Gasteiger partial charge in [-0.3, -0.25) is 4.79 Å². The molecule has 0 saturated carbocycles. The average Bonchev–Trinajstić information content (AvgIpc) is 3.15. The van der Waals surface area contributed by atoms with Crippen LogP contribution in [0.1, 0.15) is 26.3 Å². The quantitative estimate of drug-likeness (QED) is 0.787. The minimum Gasteiger partial charge on any atom is -0.310 e. The number of halogens is 1. The van der Waals surface area contributed by atoms with E-state index in [4.69, 9.17) is 11.6 Å². The summed E-state index contributed by atoms with van der Waals surface area (Å²) in [5.41, 5.74) is 0. The molecule has 0 bridgehead atoms. The predicted molar refractivity (Wildman–Crippen MR) is 95.0 cm³/mol. The number of anilines is 1. The molecule has 10 heteroatoms. The molecule has 0 spiro atoms. The number of hydrogen-bond donors (Lipinski definition) is 1. The zero-order chi connectivity index (χ0) is 17.9. The molecule has 0 aromatic carbocycles. The summed E-state index contributed by atoms with van der Waals surface area (Å²) in [7, 11) is -2.38. The molecule has 1 amide bonds. The third-order valence-corrected chi connectivity index (χ3v) is 7.03. The molecule has 7 nitrogen and oxygen atoms in total. The van der Waals surface area contributed by atoms with Gasteiger partial charge in [-0.05, 0) is 25.5 Å². The van der Waals surface area contributed by atoms with Crippen LogP contribution in [0.2, 0.25) is 4.34 Å². The van der Waals surface area contributed by atoms with Crippen LogP contribution in [0.5, 0.6) is 0 Å². The summed E-state index contributed by atoms with van der Waals surface area (Å²) in [4.78, 5) is 12.2. The number of carbonyl (C=O) groups excluding carboxylic acids is 1. The van der Waals surface area contributed by atoms with Gasteiger partial charge >= 0.3 is 0 Å². The zero-order valence-corrected chi connectivity index (χ0v) is 16.0. The Labute approximate surface area is 150 Å². The summed E-state index contributed by atoms with van der Waals surface area (Å²) in [6.45, 7) is 3.70. The number of nitrogens with zero attached hydrogens (tertiary/aromatic N) is 3. The van der Waals surface area contributed by atoms with Crippen LogP contribution in [0, 0.1) is 0 Å². The second-order valence-electron chi connectivity index (χ2n) is 5.29. The highest BCUT2D eigenvalue weighted by Gasteiger charge is 2.25. The Hall–Kier alpha value is -1.42. The van der Waals surface area contributed by atoms with Gasteiger partial charge in [-0.2, -0.15) is 9.40 Å². The molecule has 1 atom stereocenters. The van der Waals surface area contributed by atoms with Gasteiger partial charge in [0.05, 0.1) is 23.1 Å². The number of aromatic nitrogens is 2. The first-order valence-corrected chi connectivity index (χ1v) is 9.94. The van der Waals surface area contributed by atoms with Gasteiger partial charge in [0, 0.05) is 13.1 Å². The van der Waals surface area contributed by atoms with Gasteiger partial charge in [0.15, 0.2) is 0 Å². The topological polar surface area (TPSA) is 84.3 Å². The number of sulfonamides is 1. The maximum absolute atomic E-state index is 12.4. The molecule has 0 saturated heterocycles. The highest BCUT2D eigenvalue weighted by Crippen LogP contribution is 2.27. The summed E-state index contributed by atoms with van der Waals surface area (Å²) in [6, 6.07) is 4.74. The Kier molecular flexibility index (Phi) is 6.02. The van der Waals surface area contributed by atoms with Gasteiger partial charge in [-0.1, -0.05) is 18.5 Å². The van der Waals surface area contributed by atoms with E-state index in [0.29, 0.717) is 10.2 Å². The Balaban J connectivity index is 2.06. The van der Waals surface area contributed by atoms with E-state index in [1.54, 1.807) is 16.9 Å². The molecule has 0 aliphatic carbocycles. The largest absolute Gasteiger partial charge is 0.310 e. The van der Waals surface area contributed by atoms with Crippen molar-refractivity contribution in [3.05, 3.63) is 28.7 Å². The maximum Gasteiger partial charge on any atom is 0.252 e. The Morgan fingerprint density at radius 1 is 1.46 bits per heavy atom. The molecule has 0 radical (unpaired) electrons. The molecule has 24 heavy (non-hydrogen) atoms. The smallest absolute Gasteiger partial charge is 0.252 e. The summed E-state index contributed by atoms with van der Waals surface area (Å²) in [5.74, 6) is 0.105. The van der Waals surface area contributed by atoms with E-state index in [9.17, 15) is 13.2 Å². The lowest BCUT2D eigenvalue weighted by atomic mass is 10.3. The molecule has 132 valence electrons. The fourth-order valence-corrected chi connectivity index (χ4v) is 4.82. The predicted octanol–water partition coefficient (Wildman–Crippen LogP) is 2.83. The van der Waals surface area contributed by atoms with Crippen LogP contribution < -0.4 is 5.32 Å². The van der Waals surface area contributed by atoms with Crippen molar-refractivity contribution in [2.24, 2.45) is 0 Å². The molecular formula is C14H19ClN4O3S2. The molecule has 1 N–H and O–H groups in total. The van der Waals surface area contributed by atoms with Crippen LogP contribution in [0.15, 0.2) is 28.6 Å². The Morgan fingerprint density at radius 3 is 2.75 bits per heavy atom. The van der Waals surface area contributed by atoms with Crippen molar-refractivity contribution in [3.63, 3.8) is 0 Å². The summed E-state index contributed by atoms with van der Waals surface area (Å²) in [6.07, 6.45) is 2.45. The summed E-state index contributed by atoms with van der Waals surface area (Å²) in [5, 5.41) is 6.87. The lowest BCUT2D eigenvalue weighted by Gasteiger charge is -2.17. The Bertz CT molecular complexity index is 816. The molecule has 2 rings (SSSR count). The first-order chi connectivity index (χ1) is 11.3. The van der Waals surface area contributed by atoms with Crippen LogP contribution in [-0.4, -0.2) is 42.0 Å². The van der Waals surface area contributed by atoms with Crippen molar-refractivity contribution in [1.82, 2.24) is 14.1 Å². The average molecular weight is 391 g/mol. The second kappa shape index (κ2) is 7.64. The minimum atomic E-state index is -3.74. The van der Waals surface area contributed by atoms with Crippen molar-refractivity contribution in [2.75, 3.05) is 18.9 Å². The highest BCUT2D eigenvalue weighted by atomic mass is 35.5. The first kappa shape index (κ1) is 18.9. The van der Waals surface area contributed by atoms with Crippen molar-refractivity contribution in [3.8, 4) is 0 Å². The van der Waals surface area contributed by atoms with E-state index >= 15 is 0 Å². The van der Waals surface area contributed by atoms with E-state index in [0.717, 1.165) is 22.1 Å². The molecule has 2 aromatic heterocycles. The maximum atomic E-state index is 12.4. The summed E-state index contributed by atoms with van der Waals surface area (Å²) < 4.78 is 27.9. The number of nitrogens with one attached hydrogen (secondary N) is 1. The highest BCUT2D eigenvalue weighted by molar-refractivity contribution is 7.91. The van der Waals surface area contributed by atoms with Gasteiger partial charge in [0.2, 0.25) is 5.91 Å². The number of hydrogen-bond acceptors (Lipinski definition) is 5. The molecule has 0 aliphatic heterocycles. The number of rotatable bonds is 7. The van der Waals surface area contributed by atoms with Gasteiger partial charge < -0.3 is 5.32 Å². The number of carbonyl (C=O) groups is 1. The van der Waals surface area contributed by atoms with Crippen LogP contribution in [0.3, 0.4) is 0 Å². The van der Waals surface area contributed by atoms with Gasteiger partial charge in [0.25, 0.3) is 10.0 Å². The molecule has 2 heterocycles. The van der Waals surface area contributed by atoms with Gasteiger partial charge in [0.1, 0.15) is 10.0 Å². The monoisotopic (exact) mass is 390 g/mol. The van der Waals surface area contributed by atoms with Crippen LogP contribution in [0.4, 0.5) is 5.82 Å². The lowest BCUT2D eigenvalue weighted by molar-refractivity contribution is -0.116. The van der Waals surface area contributed by atoms with E-state index in [1.807, 2.05) is 13.8 Å². The molecule has 0 fully saturated rings. The van der Waals surface area contributed by atoms with Crippen molar-refractivity contribution in [2.45, 2.75) is 30.5 Å². The van der Waals surface area contributed by atoms with Crippen molar-refractivity contribution in [1.29, 1.82) is 0 Å². The van der Waals surface area contributed by atoms with Gasteiger partial charge in [-0.25, -0.2) is 13.1 Å².